The van der Waals surface area contributed by atoms with Gasteiger partial charge in [-0.2, -0.15) is 0 Å². The molecule has 0 radical (unpaired) electrons. The zero-order valence-corrected chi connectivity index (χ0v) is 13.2. The van der Waals surface area contributed by atoms with Gasteiger partial charge < -0.3 is 14.7 Å². The first-order valence-electron chi connectivity index (χ1n) is 7.88. The van der Waals surface area contributed by atoms with Gasteiger partial charge in [0.15, 0.2) is 6.10 Å². The SMILES string of the molecule is C[C@@H](Oc1cccc(F)c1)C(=O)N1CCC[C@H](CCC(=O)O)C1. The van der Waals surface area contributed by atoms with E-state index in [0.717, 1.165) is 12.8 Å². The van der Waals surface area contributed by atoms with Crippen molar-refractivity contribution in [2.75, 3.05) is 13.1 Å². The van der Waals surface area contributed by atoms with Gasteiger partial charge in [0.25, 0.3) is 5.91 Å². The maximum atomic E-state index is 13.2. The lowest BCUT2D eigenvalue weighted by atomic mass is 9.93. The number of likely N-dealkylation sites (tertiary alicyclic amines) is 1. The van der Waals surface area contributed by atoms with Gasteiger partial charge in [-0.05, 0) is 44.2 Å². The van der Waals surface area contributed by atoms with E-state index in [4.69, 9.17) is 9.84 Å². The van der Waals surface area contributed by atoms with Crippen molar-refractivity contribution in [3.8, 4) is 5.75 Å². The molecule has 1 aromatic carbocycles. The summed E-state index contributed by atoms with van der Waals surface area (Å²) in [6.07, 6.45) is 1.81. The Balaban J connectivity index is 1.89. The number of rotatable bonds is 6. The van der Waals surface area contributed by atoms with Crippen LogP contribution in [0.2, 0.25) is 0 Å². The molecule has 0 aliphatic carbocycles. The summed E-state index contributed by atoms with van der Waals surface area (Å²) < 4.78 is 18.7. The molecule has 1 aliphatic rings. The maximum Gasteiger partial charge on any atom is 0.303 e. The van der Waals surface area contributed by atoms with Crippen molar-refractivity contribution < 1.29 is 23.8 Å². The van der Waals surface area contributed by atoms with Gasteiger partial charge in [-0.3, -0.25) is 9.59 Å². The van der Waals surface area contributed by atoms with Crippen LogP contribution < -0.4 is 4.74 Å². The Morgan fingerprint density at radius 1 is 1.48 bits per heavy atom. The normalized spacial score (nSPS) is 19.2. The van der Waals surface area contributed by atoms with Crippen molar-refractivity contribution in [2.24, 2.45) is 5.92 Å². The summed E-state index contributed by atoms with van der Waals surface area (Å²) in [5, 5.41) is 8.76. The van der Waals surface area contributed by atoms with E-state index in [-0.39, 0.29) is 18.2 Å². The molecular formula is C17H22FNO4. The lowest BCUT2D eigenvalue weighted by Crippen LogP contribution is -2.45. The highest BCUT2D eigenvalue weighted by Crippen LogP contribution is 2.22. The van der Waals surface area contributed by atoms with Gasteiger partial charge in [0.05, 0.1) is 0 Å². The average molecular weight is 323 g/mol. The molecule has 1 heterocycles. The Kier molecular flexibility index (Phi) is 5.96. The fourth-order valence-corrected chi connectivity index (χ4v) is 2.88. The number of amides is 1. The van der Waals surface area contributed by atoms with Crippen LogP contribution in [0.4, 0.5) is 4.39 Å². The van der Waals surface area contributed by atoms with Gasteiger partial charge in [0.1, 0.15) is 11.6 Å². The van der Waals surface area contributed by atoms with Gasteiger partial charge in [-0.25, -0.2) is 4.39 Å². The molecule has 1 fully saturated rings. The van der Waals surface area contributed by atoms with Crippen LogP contribution in [0.25, 0.3) is 0 Å². The number of hydrogen-bond acceptors (Lipinski definition) is 3. The summed E-state index contributed by atoms with van der Waals surface area (Å²) in [6, 6.07) is 5.70. The number of carboxylic acid groups (broad SMARTS) is 1. The lowest BCUT2D eigenvalue weighted by Gasteiger charge is -2.34. The second-order valence-electron chi connectivity index (χ2n) is 5.94. The number of carboxylic acids is 1. The van der Waals surface area contributed by atoms with Crippen LogP contribution in [-0.2, 0) is 9.59 Å². The third kappa shape index (κ3) is 5.23. The molecule has 1 saturated heterocycles. The highest BCUT2D eigenvalue weighted by Gasteiger charge is 2.28. The molecule has 0 aromatic heterocycles. The number of benzene rings is 1. The van der Waals surface area contributed by atoms with Crippen molar-refractivity contribution in [1.29, 1.82) is 0 Å². The minimum absolute atomic E-state index is 0.127. The standard InChI is InChI=1S/C17H22FNO4/c1-12(23-15-6-2-5-14(18)10-15)17(22)19-9-3-4-13(11-19)7-8-16(20)21/h2,5-6,10,12-13H,3-4,7-9,11H2,1H3,(H,20,21)/t12-,13-/m1/s1. The smallest absolute Gasteiger partial charge is 0.303 e. The second kappa shape index (κ2) is 7.94. The highest BCUT2D eigenvalue weighted by atomic mass is 19.1. The van der Waals surface area contributed by atoms with Gasteiger partial charge in [-0.15, -0.1) is 0 Å². The van der Waals surface area contributed by atoms with Crippen molar-refractivity contribution in [2.45, 2.75) is 38.7 Å². The van der Waals surface area contributed by atoms with Crippen LogP contribution in [-0.4, -0.2) is 41.1 Å². The van der Waals surface area contributed by atoms with Crippen molar-refractivity contribution in [1.82, 2.24) is 4.90 Å². The van der Waals surface area contributed by atoms with E-state index in [1.54, 1.807) is 17.9 Å². The number of ether oxygens (including phenoxy) is 1. The fourth-order valence-electron chi connectivity index (χ4n) is 2.88. The van der Waals surface area contributed by atoms with E-state index in [1.165, 1.54) is 18.2 Å². The lowest BCUT2D eigenvalue weighted by molar-refractivity contribution is -0.140. The van der Waals surface area contributed by atoms with Crippen molar-refractivity contribution in [3.63, 3.8) is 0 Å². The van der Waals surface area contributed by atoms with Crippen molar-refractivity contribution >= 4 is 11.9 Å². The Labute approximate surface area is 135 Å². The average Bonchev–Trinajstić information content (AvgIpc) is 2.52. The number of hydrogen-bond donors (Lipinski definition) is 1. The van der Waals surface area contributed by atoms with Gasteiger partial charge in [0.2, 0.25) is 0 Å². The van der Waals surface area contributed by atoms with Gasteiger partial charge in [-0.1, -0.05) is 6.07 Å². The third-order valence-corrected chi connectivity index (χ3v) is 4.05. The van der Waals surface area contributed by atoms with Crippen LogP contribution in [0.5, 0.6) is 5.75 Å². The molecule has 5 nitrogen and oxygen atoms in total. The number of halogens is 1. The zero-order valence-electron chi connectivity index (χ0n) is 13.2. The van der Waals surface area contributed by atoms with Gasteiger partial charge in [0, 0.05) is 25.6 Å². The zero-order chi connectivity index (χ0) is 16.8. The van der Waals surface area contributed by atoms with E-state index >= 15 is 0 Å². The monoisotopic (exact) mass is 323 g/mol. The molecular weight excluding hydrogens is 301 g/mol. The Morgan fingerprint density at radius 3 is 2.96 bits per heavy atom. The Bertz CT molecular complexity index is 563. The number of carbonyl (C=O) groups is 2. The number of aliphatic carboxylic acids is 1. The molecule has 0 spiro atoms. The predicted molar refractivity (Wildman–Crippen MR) is 82.7 cm³/mol. The minimum atomic E-state index is -0.809. The largest absolute Gasteiger partial charge is 0.481 e. The molecule has 1 N–H and O–H groups in total. The van der Waals surface area contributed by atoms with Crippen molar-refractivity contribution in [3.05, 3.63) is 30.1 Å². The molecule has 0 saturated carbocycles. The van der Waals surface area contributed by atoms with E-state index in [0.29, 0.717) is 25.3 Å². The summed E-state index contributed by atoms with van der Waals surface area (Å²) in [5.41, 5.74) is 0. The van der Waals surface area contributed by atoms with Crippen LogP contribution in [0.3, 0.4) is 0 Å². The highest BCUT2D eigenvalue weighted by molar-refractivity contribution is 5.81. The molecule has 1 aliphatic heterocycles. The first kappa shape index (κ1) is 17.2. The van der Waals surface area contributed by atoms with Crippen LogP contribution in [0.15, 0.2) is 24.3 Å². The quantitative estimate of drug-likeness (QED) is 0.874. The molecule has 2 atom stereocenters. The summed E-state index contributed by atoms with van der Waals surface area (Å²) in [5.74, 6) is -0.824. The summed E-state index contributed by atoms with van der Waals surface area (Å²) in [6.45, 7) is 2.86. The second-order valence-corrected chi connectivity index (χ2v) is 5.94. The van der Waals surface area contributed by atoms with Crippen LogP contribution >= 0.6 is 0 Å². The van der Waals surface area contributed by atoms with E-state index < -0.39 is 17.9 Å². The first-order valence-corrected chi connectivity index (χ1v) is 7.88. The molecule has 6 heteroatoms. The number of carbonyl (C=O) groups excluding carboxylic acids is 1. The topological polar surface area (TPSA) is 66.8 Å². The molecule has 1 aromatic rings. The molecule has 1 amide bonds. The summed E-state index contributed by atoms with van der Waals surface area (Å²) >= 11 is 0. The fraction of sp³-hybridized carbons (Fsp3) is 0.529. The van der Waals surface area contributed by atoms with E-state index in [2.05, 4.69) is 0 Å². The number of piperidine rings is 1. The molecule has 2 rings (SSSR count). The Hall–Kier alpha value is -2.11. The molecule has 126 valence electrons. The van der Waals surface area contributed by atoms with Crippen LogP contribution in [0.1, 0.15) is 32.6 Å². The molecule has 0 bridgehead atoms. The maximum absolute atomic E-state index is 13.2. The van der Waals surface area contributed by atoms with E-state index in [9.17, 15) is 14.0 Å². The minimum Gasteiger partial charge on any atom is -0.481 e. The molecule has 0 unspecified atom stereocenters. The Morgan fingerprint density at radius 2 is 2.26 bits per heavy atom. The third-order valence-electron chi connectivity index (χ3n) is 4.05. The summed E-state index contributed by atoms with van der Waals surface area (Å²) in [7, 11) is 0. The number of nitrogens with zero attached hydrogens (tertiary/aromatic N) is 1. The first-order chi connectivity index (χ1) is 11.0. The molecule has 23 heavy (non-hydrogen) atoms. The predicted octanol–water partition coefficient (Wildman–Crippen LogP) is 2.70. The van der Waals surface area contributed by atoms with Gasteiger partial charge >= 0.3 is 5.97 Å². The van der Waals surface area contributed by atoms with E-state index in [1.807, 2.05) is 0 Å². The van der Waals surface area contributed by atoms with Crippen LogP contribution in [0, 0.1) is 11.7 Å². The summed E-state index contributed by atoms with van der Waals surface area (Å²) in [4.78, 5) is 24.8.